The van der Waals surface area contributed by atoms with E-state index in [0.29, 0.717) is 18.3 Å². The lowest BCUT2D eigenvalue weighted by atomic mass is 9.83. The standard InChI is InChI=1S/C18H35NO2/c1-14-11-16(12-15(2)20-14)21-18(9-7-6-8-10-18)13-19-17(3,4)5/h14-16,19H,6-13H2,1-5H3. The van der Waals surface area contributed by atoms with Crippen LogP contribution in [0.25, 0.3) is 0 Å². The van der Waals surface area contributed by atoms with Gasteiger partial charge in [-0.25, -0.2) is 0 Å². The van der Waals surface area contributed by atoms with E-state index in [1.54, 1.807) is 0 Å². The van der Waals surface area contributed by atoms with E-state index in [-0.39, 0.29) is 11.1 Å². The summed E-state index contributed by atoms with van der Waals surface area (Å²) in [5, 5.41) is 3.69. The van der Waals surface area contributed by atoms with Crippen molar-refractivity contribution in [3.63, 3.8) is 0 Å². The second-order valence-electron chi connectivity index (χ2n) is 8.32. The number of hydrogen-bond acceptors (Lipinski definition) is 3. The van der Waals surface area contributed by atoms with Crippen molar-refractivity contribution in [3.8, 4) is 0 Å². The molecule has 0 bridgehead atoms. The molecular formula is C18H35NO2. The molecule has 3 nitrogen and oxygen atoms in total. The van der Waals surface area contributed by atoms with Gasteiger partial charge < -0.3 is 14.8 Å². The van der Waals surface area contributed by atoms with Gasteiger partial charge in [-0.15, -0.1) is 0 Å². The molecule has 2 unspecified atom stereocenters. The van der Waals surface area contributed by atoms with Gasteiger partial charge in [0.25, 0.3) is 0 Å². The molecular weight excluding hydrogens is 262 g/mol. The Kier molecular flexibility index (Phi) is 5.72. The van der Waals surface area contributed by atoms with Gasteiger partial charge in [-0.1, -0.05) is 19.3 Å². The van der Waals surface area contributed by atoms with Gasteiger partial charge in [-0.3, -0.25) is 0 Å². The molecule has 21 heavy (non-hydrogen) atoms. The largest absolute Gasteiger partial charge is 0.375 e. The molecule has 0 aromatic carbocycles. The van der Waals surface area contributed by atoms with Crippen LogP contribution in [0.1, 0.15) is 79.6 Å². The van der Waals surface area contributed by atoms with Crippen molar-refractivity contribution in [2.24, 2.45) is 0 Å². The Morgan fingerprint density at radius 1 is 1.05 bits per heavy atom. The highest BCUT2D eigenvalue weighted by Gasteiger charge is 2.38. The molecule has 3 heteroatoms. The Hall–Kier alpha value is -0.120. The van der Waals surface area contributed by atoms with E-state index in [4.69, 9.17) is 9.47 Å². The quantitative estimate of drug-likeness (QED) is 0.849. The average Bonchev–Trinajstić information content (AvgIpc) is 2.35. The summed E-state index contributed by atoms with van der Waals surface area (Å²) in [7, 11) is 0. The zero-order chi connectivity index (χ0) is 15.5. The SMILES string of the molecule is CC1CC(OC2(CNC(C)(C)C)CCCCC2)CC(C)O1. The molecule has 0 amide bonds. The van der Waals surface area contributed by atoms with E-state index in [0.717, 1.165) is 19.4 Å². The van der Waals surface area contributed by atoms with Crippen LogP contribution >= 0.6 is 0 Å². The molecule has 1 saturated heterocycles. The molecule has 1 heterocycles. The normalized spacial score (nSPS) is 33.9. The maximum atomic E-state index is 6.71. The van der Waals surface area contributed by atoms with Crippen molar-refractivity contribution >= 4 is 0 Å². The van der Waals surface area contributed by atoms with E-state index >= 15 is 0 Å². The van der Waals surface area contributed by atoms with E-state index in [9.17, 15) is 0 Å². The summed E-state index contributed by atoms with van der Waals surface area (Å²) in [6, 6.07) is 0. The Balaban J connectivity index is 1.98. The summed E-state index contributed by atoms with van der Waals surface area (Å²) < 4.78 is 12.6. The number of hydrogen-bond donors (Lipinski definition) is 1. The van der Waals surface area contributed by atoms with Crippen LogP contribution in [0.3, 0.4) is 0 Å². The van der Waals surface area contributed by atoms with Crippen molar-refractivity contribution < 1.29 is 9.47 Å². The molecule has 1 saturated carbocycles. The van der Waals surface area contributed by atoms with Crippen LogP contribution in [0.4, 0.5) is 0 Å². The van der Waals surface area contributed by atoms with Crippen LogP contribution in [0, 0.1) is 0 Å². The lowest BCUT2D eigenvalue weighted by molar-refractivity contribution is -0.167. The van der Waals surface area contributed by atoms with E-state index in [2.05, 4.69) is 39.9 Å². The Morgan fingerprint density at radius 2 is 1.62 bits per heavy atom. The third-order valence-corrected chi connectivity index (χ3v) is 4.78. The Morgan fingerprint density at radius 3 is 2.14 bits per heavy atom. The second-order valence-corrected chi connectivity index (χ2v) is 8.32. The minimum absolute atomic E-state index is 0.0486. The fourth-order valence-corrected chi connectivity index (χ4v) is 3.75. The number of ether oxygens (including phenoxy) is 2. The number of nitrogens with one attached hydrogen (secondary N) is 1. The Labute approximate surface area is 131 Å². The molecule has 0 aromatic rings. The molecule has 2 atom stereocenters. The Bertz CT molecular complexity index is 308. The third kappa shape index (κ3) is 5.54. The first-order chi connectivity index (χ1) is 9.78. The average molecular weight is 297 g/mol. The number of rotatable bonds is 4. The molecule has 2 rings (SSSR count). The highest BCUT2D eigenvalue weighted by molar-refractivity contribution is 4.91. The summed E-state index contributed by atoms with van der Waals surface area (Å²) in [4.78, 5) is 0. The van der Waals surface area contributed by atoms with Gasteiger partial charge in [-0.2, -0.15) is 0 Å². The van der Waals surface area contributed by atoms with Gasteiger partial charge in [0, 0.05) is 12.1 Å². The lowest BCUT2D eigenvalue weighted by Gasteiger charge is -2.44. The second kappa shape index (κ2) is 6.97. The molecule has 0 aromatic heterocycles. The maximum Gasteiger partial charge on any atom is 0.0810 e. The topological polar surface area (TPSA) is 30.5 Å². The van der Waals surface area contributed by atoms with Gasteiger partial charge in [-0.05, 0) is 60.3 Å². The zero-order valence-electron chi connectivity index (χ0n) is 14.7. The fraction of sp³-hybridized carbons (Fsp3) is 1.00. The molecule has 0 radical (unpaired) electrons. The predicted molar refractivity (Wildman–Crippen MR) is 87.7 cm³/mol. The predicted octanol–water partition coefficient (Wildman–Crippen LogP) is 4.05. The highest BCUT2D eigenvalue weighted by Crippen LogP contribution is 2.35. The zero-order valence-corrected chi connectivity index (χ0v) is 14.7. The summed E-state index contributed by atoms with van der Waals surface area (Å²) in [6.45, 7) is 12.0. The molecule has 1 aliphatic carbocycles. The van der Waals surface area contributed by atoms with E-state index < -0.39 is 0 Å². The van der Waals surface area contributed by atoms with Gasteiger partial charge >= 0.3 is 0 Å². The summed E-state index contributed by atoms with van der Waals surface area (Å²) >= 11 is 0. The van der Waals surface area contributed by atoms with Crippen molar-refractivity contribution in [2.75, 3.05) is 6.54 Å². The van der Waals surface area contributed by atoms with Crippen molar-refractivity contribution in [3.05, 3.63) is 0 Å². The van der Waals surface area contributed by atoms with E-state index in [1.807, 2.05) is 0 Å². The minimum Gasteiger partial charge on any atom is -0.375 e. The third-order valence-electron chi connectivity index (χ3n) is 4.78. The molecule has 2 aliphatic rings. The summed E-state index contributed by atoms with van der Waals surface area (Å²) in [5.74, 6) is 0. The van der Waals surface area contributed by atoms with E-state index in [1.165, 1.54) is 32.1 Å². The summed E-state index contributed by atoms with van der Waals surface area (Å²) in [6.07, 6.45) is 9.49. The van der Waals surface area contributed by atoms with Gasteiger partial charge in [0.1, 0.15) is 0 Å². The minimum atomic E-state index is 0.0486. The van der Waals surface area contributed by atoms with Gasteiger partial charge in [0.05, 0.1) is 23.9 Å². The lowest BCUT2D eigenvalue weighted by Crippen LogP contribution is -2.52. The molecule has 2 fully saturated rings. The first-order valence-electron chi connectivity index (χ1n) is 8.86. The van der Waals surface area contributed by atoms with Crippen molar-refractivity contribution in [2.45, 2.75) is 109 Å². The monoisotopic (exact) mass is 297 g/mol. The van der Waals surface area contributed by atoms with Crippen LogP contribution in [0.5, 0.6) is 0 Å². The molecule has 1 N–H and O–H groups in total. The van der Waals surface area contributed by atoms with Crippen LogP contribution in [0.15, 0.2) is 0 Å². The molecule has 0 spiro atoms. The molecule has 124 valence electrons. The van der Waals surface area contributed by atoms with Crippen LogP contribution in [-0.2, 0) is 9.47 Å². The fourth-order valence-electron chi connectivity index (χ4n) is 3.75. The maximum absolute atomic E-state index is 6.71. The van der Waals surface area contributed by atoms with Crippen molar-refractivity contribution in [1.29, 1.82) is 0 Å². The van der Waals surface area contributed by atoms with Crippen LogP contribution < -0.4 is 5.32 Å². The summed E-state index contributed by atoms with van der Waals surface area (Å²) in [5.41, 5.74) is 0.205. The van der Waals surface area contributed by atoms with Crippen LogP contribution in [0.2, 0.25) is 0 Å². The van der Waals surface area contributed by atoms with Gasteiger partial charge in [0.15, 0.2) is 0 Å². The highest BCUT2D eigenvalue weighted by atomic mass is 16.5. The smallest absolute Gasteiger partial charge is 0.0810 e. The van der Waals surface area contributed by atoms with Gasteiger partial charge in [0.2, 0.25) is 0 Å². The van der Waals surface area contributed by atoms with Crippen LogP contribution in [-0.4, -0.2) is 36.0 Å². The first kappa shape index (κ1) is 17.2. The molecule has 1 aliphatic heterocycles. The van der Waals surface area contributed by atoms with Crippen molar-refractivity contribution in [1.82, 2.24) is 5.32 Å². The first-order valence-corrected chi connectivity index (χ1v) is 8.86.